The first-order chi connectivity index (χ1) is 14.7. The molecule has 0 saturated heterocycles. The molecule has 9 nitrogen and oxygen atoms in total. The van der Waals surface area contributed by atoms with Crippen LogP contribution in [0.4, 0.5) is 4.39 Å². The van der Waals surface area contributed by atoms with Gasteiger partial charge in [-0.3, -0.25) is 4.99 Å². The number of aliphatic imine (C=N–C) groups is 1. The van der Waals surface area contributed by atoms with Gasteiger partial charge in [-0.25, -0.2) is 14.1 Å². The van der Waals surface area contributed by atoms with Gasteiger partial charge in [0.25, 0.3) is 0 Å². The van der Waals surface area contributed by atoms with Crippen molar-refractivity contribution in [2.24, 2.45) is 4.99 Å². The lowest BCUT2D eigenvalue weighted by Crippen LogP contribution is -2.47. The smallest absolute Gasteiger partial charge is 0.191 e. The van der Waals surface area contributed by atoms with Crippen molar-refractivity contribution in [2.75, 3.05) is 27.5 Å². The van der Waals surface area contributed by atoms with Gasteiger partial charge in [-0.05, 0) is 30.5 Å². The Morgan fingerprint density at radius 1 is 1.43 bits per heavy atom. The molecule has 1 aromatic carbocycles. The van der Waals surface area contributed by atoms with Crippen LogP contribution in [-0.4, -0.2) is 54.3 Å². The fraction of sp³-hybridized carbons (Fsp3) is 0.550. The first-order valence-corrected chi connectivity index (χ1v) is 10.1. The van der Waals surface area contributed by atoms with E-state index >= 15 is 0 Å². The molecule has 2 aliphatic rings. The second-order valence-corrected chi connectivity index (χ2v) is 7.35. The van der Waals surface area contributed by atoms with Gasteiger partial charge < -0.3 is 24.8 Å². The predicted octanol–water partition coefficient (Wildman–Crippen LogP) is 1.15. The van der Waals surface area contributed by atoms with E-state index < -0.39 is 0 Å². The lowest BCUT2D eigenvalue weighted by Gasteiger charge is -2.25. The first kappa shape index (κ1) is 20.5. The van der Waals surface area contributed by atoms with E-state index in [9.17, 15) is 4.39 Å². The van der Waals surface area contributed by atoms with Gasteiger partial charge in [-0.15, -0.1) is 0 Å². The zero-order valence-electron chi connectivity index (χ0n) is 17.3. The number of fused-ring (bicyclic) bond motifs is 2. The number of aryl methyl sites for hydroxylation is 1. The molecule has 0 radical (unpaired) electrons. The van der Waals surface area contributed by atoms with Gasteiger partial charge in [-0.1, -0.05) is 0 Å². The van der Waals surface area contributed by atoms with Crippen molar-refractivity contribution in [3.8, 4) is 5.75 Å². The summed E-state index contributed by atoms with van der Waals surface area (Å²) in [7, 11) is 3.37. The maximum absolute atomic E-state index is 13.9. The molecule has 1 unspecified atom stereocenters. The molecule has 0 spiro atoms. The van der Waals surface area contributed by atoms with Gasteiger partial charge in [0.2, 0.25) is 0 Å². The van der Waals surface area contributed by atoms with Crippen LogP contribution < -0.4 is 15.4 Å². The van der Waals surface area contributed by atoms with Crippen LogP contribution in [0.15, 0.2) is 17.1 Å². The Hall–Kier alpha value is -2.72. The lowest BCUT2D eigenvalue weighted by molar-refractivity contribution is -0.0172. The highest BCUT2D eigenvalue weighted by Gasteiger charge is 2.22. The van der Waals surface area contributed by atoms with E-state index in [1.165, 1.54) is 12.1 Å². The quantitative estimate of drug-likeness (QED) is 0.537. The third-order valence-corrected chi connectivity index (χ3v) is 5.18. The van der Waals surface area contributed by atoms with Crippen molar-refractivity contribution in [1.29, 1.82) is 0 Å². The Morgan fingerprint density at radius 2 is 2.33 bits per heavy atom. The average Bonchev–Trinajstić information content (AvgIpc) is 3.14. The number of nitrogens with zero attached hydrogens (tertiary/aromatic N) is 4. The van der Waals surface area contributed by atoms with Crippen LogP contribution in [0.25, 0.3) is 0 Å². The number of ether oxygens (including phenoxy) is 3. The fourth-order valence-corrected chi connectivity index (χ4v) is 3.81. The molecule has 0 saturated carbocycles. The molecule has 30 heavy (non-hydrogen) atoms. The summed E-state index contributed by atoms with van der Waals surface area (Å²) >= 11 is 0. The summed E-state index contributed by atoms with van der Waals surface area (Å²) in [5.74, 6) is 2.85. The molecule has 0 amide bonds. The summed E-state index contributed by atoms with van der Waals surface area (Å²) in [5.41, 5.74) is 1.57. The van der Waals surface area contributed by atoms with Gasteiger partial charge in [0.1, 0.15) is 24.0 Å². The lowest BCUT2D eigenvalue weighted by atomic mass is 10.1. The number of benzene rings is 1. The predicted molar refractivity (Wildman–Crippen MR) is 108 cm³/mol. The number of rotatable bonds is 6. The summed E-state index contributed by atoms with van der Waals surface area (Å²) in [4.78, 5) is 8.81. The van der Waals surface area contributed by atoms with Crippen molar-refractivity contribution in [1.82, 2.24) is 25.4 Å². The topological polar surface area (TPSA) is 94.8 Å². The summed E-state index contributed by atoms with van der Waals surface area (Å²) in [6.45, 7) is 2.30. The van der Waals surface area contributed by atoms with Crippen LogP contribution in [-0.2, 0) is 42.1 Å². The molecule has 2 N–H and O–H groups in total. The molecule has 0 aliphatic carbocycles. The SMILES string of the molecule is CN=C(NCCc1cc(F)cc2c1OCOC2)NC1CCc2nc(COC)nn2C1. The van der Waals surface area contributed by atoms with Crippen molar-refractivity contribution in [2.45, 2.75) is 45.1 Å². The van der Waals surface area contributed by atoms with E-state index in [4.69, 9.17) is 14.2 Å². The van der Waals surface area contributed by atoms with E-state index in [-0.39, 0.29) is 18.7 Å². The van der Waals surface area contributed by atoms with Crippen LogP contribution in [0.5, 0.6) is 5.75 Å². The van der Waals surface area contributed by atoms with E-state index in [0.717, 1.165) is 42.1 Å². The molecule has 1 aromatic heterocycles. The van der Waals surface area contributed by atoms with Crippen LogP contribution in [0.2, 0.25) is 0 Å². The molecule has 10 heteroatoms. The van der Waals surface area contributed by atoms with E-state index in [1.807, 2.05) is 4.68 Å². The summed E-state index contributed by atoms with van der Waals surface area (Å²) in [6.07, 6.45) is 2.40. The van der Waals surface area contributed by atoms with Crippen LogP contribution in [0.3, 0.4) is 0 Å². The highest BCUT2D eigenvalue weighted by atomic mass is 19.1. The van der Waals surface area contributed by atoms with Gasteiger partial charge in [0.15, 0.2) is 18.6 Å². The largest absolute Gasteiger partial charge is 0.467 e. The number of hydrogen-bond acceptors (Lipinski definition) is 6. The highest BCUT2D eigenvalue weighted by molar-refractivity contribution is 5.80. The monoisotopic (exact) mass is 418 g/mol. The Morgan fingerprint density at radius 3 is 3.17 bits per heavy atom. The number of nitrogens with one attached hydrogen (secondary N) is 2. The fourth-order valence-electron chi connectivity index (χ4n) is 3.81. The third-order valence-electron chi connectivity index (χ3n) is 5.18. The molecular weight excluding hydrogens is 391 g/mol. The van der Waals surface area contributed by atoms with Crippen LogP contribution in [0.1, 0.15) is 29.2 Å². The summed E-state index contributed by atoms with van der Waals surface area (Å²) < 4.78 is 31.8. The maximum atomic E-state index is 13.9. The van der Waals surface area contributed by atoms with E-state index in [0.29, 0.717) is 38.0 Å². The number of methoxy groups -OCH3 is 1. The highest BCUT2D eigenvalue weighted by Crippen LogP contribution is 2.29. The van der Waals surface area contributed by atoms with Gasteiger partial charge in [0.05, 0.1) is 13.2 Å². The van der Waals surface area contributed by atoms with Gasteiger partial charge in [-0.2, -0.15) is 5.10 Å². The van der Waals surface area contributed by atoms with Crippen molar-refractivity contribution < 1.29 is 18.6 Å². The van der Waals surface area contributed by atoms with Crippen molar-refractivity contribution in [3.63, 3.8) is 0 Å². The zero-order valence-corrected chi connectivity index (χ0v) is 17.3. The Balaban J connectivity index is 1.31. The zero-order chi connectivity index (χ0) is 20.9. The second kappa shape index (κ2) is 9.40. The second-order valence-electron chi connectivity index (χ2n) is 7.35. The number of aromatic nitrogens is 3. The summed E-state index contributed by atoms with van der Waals surface area (Å²) in [5, 5.41) is 11.2. The maximum Gasteiger partial charge on any atom is 0.191 e. The van der Waals surface area contributed by atoms with Gasteiger partial charge >= 0.3 is 0 Å². The van der Waals surface area contributed by atoms with E-state index in [2.05, 4.69) is 25.7 Å². The molecule has 0 fully saturated rings. The van der Waals surface area contributed by atoms with Crippen LogP contribution >= 0.6 is 0 Å². The average molecular weight is 418 g/mol. The minimum Gasteiger partial charge on any atom is -0.467 e. The van der Waals surface area contributed by atoms with Crippen molar-refractivity contribution in [3.05, 3.63) is 40.7 Å². The molecule has 162 valence electrons. The number of halogens is 1. The number of hydrogen-bond donors (Lipinski definition) is 2. The minimum absolute atomic E-state index is 0.195. The molecular formula is C20H27FN6O3. The minimum atomic E-state index is -0.279. The molecule has 4 rings (SSSR count). The summed E-state index contributed by atoms with van der Waals surface area (Å²) in [6, 6.07) is 3.18. The van der Waals surface area contributed by atoms with E-state index in [1.54, 1.807) is 14.2 Å². The standard InChI is InChI=1S/C20H27FN6O3/c1-22-20(24-16-3-4-18-25-17(11-28-2)26-27(18)9-16)23-6-5-13-7-15(21)8-14-10-29-12-30-19(13)14/h7-8,16H,3-6,9-12H2,1-2H3,(H2,22,23,24). The molecule has 0 bridgehead atoms. The number of guanidine groups is 1. The molecule has 2 aliphatic heterocycles. The normalized spacial score (nSPS) is 18.4. The van der Waals surface area contributed by atoms with Crippen molar-refractivity contribution >= 4 is 5.96 Å². The van der Waals surface area contributed by atoms with Crippen LogP contribution in [0, 0.1) is 5.82 Å². The Labute approximate surface area is 174 Å². The molecule has 2 aromatic rings. The third kappa shape index (κ3) is 4.71. The Bertz CT molecular complexity index is 916. The van der Waals surface area contributed by atoms with Gasteiger partial charge in [0, 0.05) is 38.7 Å². The first-order valence-electron chi connectivity index (χ1n) is 10.1. The molecule has 3 heterocycles. The Kier molecular flexibility index (Phi) is 6.44. The molecule has 1 atom stereocenters.